The van der Waals surface area contributed by atoms with Crippen molar-refractivity contribution in [3.8, 4) is 0 Å². The fourth-order valence-corrected chi connectivity index (χ4v) is 1.46. The Kier molecular flexibility index (Phi) is 3.34. The number of carboxylic acid groups (broad SMARTS) is 1. The zero-order valence-corrected chi connectivity index (χ0v) is 9.24. The van der Waals surface area contributed by atoms with Gasteiger partial charge in [-0.05, 0) is 26.2 Å². The Balaban J connectivity index is 2.59. The van der Waals surface area contributed by atoms with Gasteiger partial charge in [0.2, 0.25) is 5.91 Å². The van der Waals surface area contributed by atoms with E-state index >= 15 is 0 Å². The van der Waals surface area contributed by atoms with E-state index in [1.165, 1.54) is 13.8 Å². The van der Waals surface area contributed by atoms with Crippen LogP contribution in [-0.2, 0) is 14.3 Å². The van der Waals surface area contributed by atoms with E-state index < -0.39 is 17.6 Å². The fraction of sp³-hybridized carbons (Fsp3) is 0.800. The molecule has 1 aliphatic heterocycles. The number of amides is 1. The van der Waals surface area contributed by atoms with Gasteiger partial charge in [-0.3, -0.25) is 4.79 Å². The van der Waals surface area contributed by atoms with Crippen LogP contribution in [0.2, 0.25) is 0 Å². The van der Waals surface area contributed by atoms with Crippen molar-refractivity contribution in [2.24, 2.45) is 5.92 Å². The van der Waals surface area contributed by atoms with E-state index in [2.05, 4.69) is 5.32 Å². The van der Waals surface area contributed by atoms with Gasteiger partial charge in [-0.15, -0.1) is 0 Å². The fourth-order valence-electron chi connectivity index (χ4n) is 1.46. The summed E-state index contributed by atoms with van der Waals surface area (Å²) in [6.07, 6.45) is 0.328. The number of hydrogen-bond donors (Lipinski definition) is 2. The minimum absolute atomic E-state index is 0.148. The highest BCUT2D eigenvalue weighted by Crippen LogP contribution is 2.20. The minimum Gasteiger partial charge on any atom is -0.480 e. The van der Waals surface area contributed by atoms with Gasteiger partial charge >= 0.3 is 5.97 Å². The molecule has 0 aliphatic carbocycles. The van der Waals surface area contributed by atoms with E-state index in [9.17, 15) is 9.59 Å². The Morgan fingerprint density at radius 2 is 2.07 bits per heavy atom. The third-order valence-corrected chi connectivity index (χ3v) is 2.62. The van der Waals surface area contributed by atoms with Crippen LogP contribution in [0, 0.1) is 5.92 Å². The van der Waals surface area contributed by atoms with E-state index in [-0.39, 0.29) is 11.8 Å². The number of carbonyl (C=O) groups excluding carboxylic acids is 1. The Bertz CT molecular complexity index is 275. The molecule has 1 amide bonds. The lowest BCUT2D eigenvalue weighted by Gasteiger charge is -2.24. The molecule has 0 aromatic rings. The summed E-state index contributed by atoms with van der Waals surface area (Å²) in [5.74, 6) is -1.25. The van der Waals surface area contributed by atoms with Crippen molar-refractivity contribution in [2.45, 2.75) is 38.8 Å². The summed E-state index contributed by atoms with van der Waals surface area (Å²) in [7, 11) is 0. The normalized spacial score (nSPS) is 26.3. The molecule has 1 saturated heterocycles. The van der Waals surface area contributed by atoms with Crippen LogP contribution in [0.3, 0.4) is 0 Å². The first-order valence-electron chi connectivity index (χ1n) is 5.01. The number of ether oxygens (including phenoxy) is 1. The molecule has 1 rings (SSSR count). The van der Waals surface area contributed by atoms with Crippen LogP contribution >= 0.6 is 0 Å². The quantitative estimate of drug-likeness (QED) is 0.714. The number of hydrogen-bond acceptors (Lipinski definition) is 3. The molecule has 1 fully saturated rings. The number of rotatable bonds is 3. The highest BCUT2D eigenvalue weighted by Gasteiger charge is 2.36. The molecule has 0 spiro atoms. The highest BCUT2D eigenvalue weighted by atomic mass is 16.5. The maximum absolute atomic E-state index is 11.7. The Morgan fingerprint density at radius 3 is 2.47 bits per heavy atom. The summed E-state index contributed by atoms with van der Waals surface area (Å²) in [5.41, 5.74) is -1.25. The molecule has 15 heavy (non-hydrogen) atoms. The molecular weight excluding hydrogens is 198 g/mol. The first kappa shape index (κ1) is 12.0. The third kappa shape index (κ3) is 2.68. The average Bonchev–Trinajstić information content (AvgIpc) is 2.50. The maximum atomic E-state index is 11.7. The SMILES string of the molecule is CC1CCOC1C(=O)NC(C)(C)C(=O)O. The van der Waals surface area contributed by atoms with Crippen LogP contribution in [-0.4, -0.2) is 35.2 Å². The zero-order chi connectivity index (χ0) is 11.6. The zero-order valence-electron chi connectivity index (χ0n) is 9.24. The lowest BCUT2D eigenvalue weighted by atomic mass is 10.0. The van der Waals surface area contributed by atoms with Gasteiger partial charge in [0, 0.05) is 6.61 Å². The van der Waals surface area contributed by atoms with Crippen molar-refractivity contribution in [1.82, 2.24) is 5.32 Å². The second-order valence-electron chi connectivity index (χ2n) is 4.48. The standard InChI is InChI=1S/C10H17NO4/c1-6-4-5-15-7(6)8(12)11-10(2,3)9(13)14/h6-7H,4-5H2,1-3H3,(H,11,12)(H,13,14). The van der Waals surface area contributed by atoms with Gasteiger partial charge in [-0.25, -0.2) is 4.79 Å². The smallest absolute Gasteiger partial charge is 0.328 e. The van der Waals surface area contributed by atoms with E-state index in [0.29, 0.717) is 6.61 Å². The summed E-state index contributed by atoms with van der Waals surface area (Å²) < 4.78 is 5.25. The van der Waals surface area contributed by atoms with Crippen molar-refractivity contribution in [2.75, 3.05) is 6.61 Å². The first-order chi connectivity index (χ1) is 6.84. The Morgan fingerprint density at radius 1 is 1.47 bits per heavy atom. The van der Waals surface area contributed by atoms with Crippen LogP contribution in [0.25, 0.3) is 0 Å². The second-order valence-corrected chi connectivity index (χ2v) is 4.48. The summed E-state index contributed by atoms with van der Waals surface area (Å²) >= 11 is 0. The minimum atomic E-state index is -1.25. The first-order valence-corrected chi connectivity index (χ1v) is 5.01. The molecule has 0 aromatic carbocycles. The van der Waals surface area contributed by atoms with E-state index in [4.69, 9.17) is 9.84 Å². The molecule has 2 N–H and O–H groups in total. The average molecular weight is 215 g/mol. The number of aliphatic carboxylic acids is 1. The maximum Gasteiger partial charge on any atom is 0.328 e. The van der Waals surface area contributed by atoms with Crippen LogP contribution in [0.1, 0.15) is 27.2 Å². The third-order valence-electron chi connectivity index (χ3n) is 2.62. The van der Waals surface area contributed by atoms with Gasteiger partial charge in [-0.2, -0.15) is 0 Å². The summed E-state index contributed by atoms with van der Waals surface area (Å²) in [5, 5.41) is 11.3. The summed E-state index contributed by atoms with van der Waals surface area (Å²) in [6.45, 7) is 5.39. The van der Waals surface area contributed by atoms with Crippen LogP contribution in [0.5, 0.6) is 0 Å². The molecule has 1 aliphatic rings. The van der Waals surface area contributed by atoms with Gasteiger partial charge in [0.15, 0.2) is 0 Å². The molecule has 0 aromatic heterocycles. The molecular formula is C10H17NO4. The molecule has 86 valence electrons. The lowest BCUT2D eigenvalue weighted by molar-refractivity contribution is -0.148. The molecule has 5 heteroatoms. The number of carboxylic acids is 1. The van der Waals surface area contributed by atoms with Gasteiger partial charge in [0.1, 0.15) is 11.6 Å². The molecule has 0 radical (unpaired) electrons. The predicted molar refractivity (Wildman–Crippen MR) is 53.4 cm³/mol. The van der Waals surface area contributed by atoms with Crippen LogP contribution < -0.4 is 5.32 Å². The number of nitrogens with one attached hydrogen (secondary N) is 1. The van der Waals surface area contributed by atoms with Crippen LogP contribution in [0.15, 0.2) is 0 Å². The van der Waals surface area contributed by atoms with Crippen molar-refractivity contribution in [3.63, 3.8) is 0 Å². The van der Waals surface area contributed by atoms with Crippen molar-refractivity contribution in [1.29, 1.82) is 0 Å². The van der Waals surface area contributed by atoms with Gasteiger partial charge in [0.05, 0.1) is 0 Å². The van der Waals surface area contributed by atoms with Crippen molar-refractivity contribution in [3.05, 3.63) is 0 Å². The molecule has 2 atom stereocenters. The molecule has 0 bridgehead atoms. The largest absolute Gasteiger partial charge is 0.480 e. The molecule has 5 nitrogen and oxygen atoms in total. The Hall–Kier alpha value is -1.10. The van der Waals surface area contributed by atoms with E-state index in [1.54, 1.807) is 0 Å². The molecule has 1 heterocycles. The highest BCUT2D eigenvalue weighted by molar-refractivity contribution is 5.88. The van der Waals surface area contributed by atoms with Gasteiger partial charge in [-0.1, -0.05) is 6.92 Å². The van der Waals surface area contributed by atoms with E-state index in [0.717, 1.165) is 6.42 Å². The number of carbonyl (C=O) groups is 2. The Labute approximate surface area is 88.8 Å². The van der Waals surface area contributed by atoms with Crippen LogP contribution in [0.4, 0.5) is 0 Å². The van der Waals surface area contributed by atoms with E-state index in [1.807, 2.05) is 6.92 Å². The summed E-state index contributed by atoms with van der Waals surface area (Å²) in [4.78, 5) is 22.5. The molecule has 2 unspecified atom stereocenters. The topological polar surface area (TPSA) is 75.6 Å². The van der Waals surface area contributed by atoms with Crippen molar-refractivity contribution < 1.29 is 19.4 Å². The predicted octanol–water partition coefficient (Wildman–Crippen LogP) is 0.391. The van der Waals surface area contributed by atoms with Gasteiger partial charge in [0.25, 0.3) is 0 Å². The lowest BCUT2D eigenvalue weighted by Crippen LogP contribution is -2.53. The van der Waals surface area contributed by atoms with Gasteiger partial charge < -0.3 is 15.2 Å². The summed E-state index contributed by atoms with van der Waals surface area (Å²) in [6, 6.07) is 0. The monoisotopic (exact) mass is 215 g/mol. The van der Waals surface area contributed by atoms with Crippen molar-refractivity contribution >= 4 is 11.9 Å². The molecule has 0 saturated carbocycles. The second kappa shape index (κ2) is 4.18.